The predicted molar refractivity (Wildman–Crippen MR) is 143 cm³/mol. The van der Waals surface area contributed by atoms with E-state index >= 15 is 0 Å². The number of nitrogens with zero attached hydrogens (tertiary/aromatic N) is 1. The third kappa shape index (κ3) is 6.12. The van der Waals surface area contributed by atoms with Crippen LogP contribution in [0.3, 0.4) is 0 Å². The molecule has 1 N–H and O–H groups in total. The van der Waals surface area contributed by atoms with Crippen molar-refractivity contribution in [3.8, 4) is 0 Å². The first-order chi connectivity index (χ1) is 16.3. The van der Waals surface area contributed by atoms with Crippen molar-refractivity contribution >= 4 is 21.6 Å². The van der Waals surface area contributed by atoms with Gasteiger partial charge in [0.05, 0.1) is 16.6 Å². The summed E-state index contributed by atoms with van der Waals surface area (Å²) in [6.45, 7) is 13.8. The average molecular weight is 493 g/mol. The Labute approximate surface area is 210 Å². The maximum absolute atomic E-state index is 13.7. The fourth-order valence-electron chi connectivity index (χ4n) is 3.92. The van der Waals surface area contributed by atoms with E-state index in [2.05, 4.69) is 38.2 Å². The molecule has 186 valence electrons. The molecular formula is C29H36N2O3S. The second-order valence-corrected chi connectivity index (χ2v) is 12.1. The van der Waals surface area contributed by atoms with Crippen LogP contribution in [0.4, 0.5) is 5.69 Å². The number of rotatable bonds is 7. The van der Waals surface area contributed by atoms with Gasteiger partial charge >= 0.3 is 0 Å². The molecule has 0 aliphatic carbocycles. The minimum absolute atomic E-state index is 0.0432. The minimum atomic E-state index is -3.96. The van der Waals surface area contributed by atoms with Crippen LogP contribution in [0.1, 0.15) is 61.6 Å². The van der Waals surface area contributed by atoms with E-state index in [1.165, 1.54) is 9.87 Å². The lowest BCUT2D eigenvalue weighted by molar-refractivity contribution is -0.120. The molecule has 1 amide bonds. The molecule has 6 heteroatoms. The van der Waals surface area contributed by atoms with Crippen LogP contribution in [0, 0.1) is 20.8 Å². The van der Waals surface area contributed by atoms with Crippen LogP contribution in [0.2, 0.25) is 0 Å². The summed E-state index contributed by atoms with van der Waals surface area (Å²) in [7, 11) is -3.96. The number of aryl methyl sites for hydroxylation is 2. The lowest BCUT2D eigenvalue weighted by atomic mass is 9.86. The molecule has 0 fully saturated rings. The molecule has 1 unspecified atom stereocenters. The molecule has 0 radical (unpaired) electrons. The van der Waals surface area contributed by atoms with Crippen LogP contribution in [0.15, 0.2) is 71.6 Å². The Bertz CT molecular complexity index is 1290. The zero-order chi connectivity index (χ0) is 26.0. The average Bonchev–Trinajstić information content (AvgIpc) is 2.79. The first-order valence-electron chi connectivity index (χ1n) is 11.9. The molecule has 0 bridgehead atoms. The highest BCUT2D eigenvalue weighted by Gasteiger charge is 2.29. The van der Waals surface area contributed by atoms with Crippen molar-refractivity contribution in [2.75, 3.05) is 10.8 Å². The Morgan fingerprint density at radius 2 is 1.51 bits per heavy atom. The topological polar surface area (TPSA) is 66.5 Å². The van der Waals surface area contributed by atoms with Crippen molar-refractivity contribution < 1.29 is 13.2 Å². The molecule has 1 atom stereocenters. The summed E-state index contributed by atoms with van der Waals surface area (Å²) in [4.78, 5) is 13.3. The largest absolute Gasteiger partial charge is 0.348 e. The van der Waals surface area contributed by atoms with Crippen molar-refractivity contribution in [3.63, 3.8) is 0 Å². The summed E-state index contributed by atoms with van der Waals surface area (Å²) < 4.78 is 28.6. The first kappa shape index (κ1) is 26.5. The Morgan fingerprint density at radius 1 is 0.914 bits per heavy atom. The normalized spacial score (nSPS) is 12.8. The fraction of sp³-hybridized carbons (Fsp3) is 0.345. The highest BCUT2D eigenvalue weighted by molar-refractivity contribution is 7.92. The molecule has 0 aliphatic rings. The lowest BCUT2D eigenvalue weighted by Crippen LogP contribution is -2.42. The maximum atomic E-state index is 13.7. The van der Waals surface area contributed by atoms with Gasteiger partial charge in [0.15, 0.2) is 0 Å². The summed E-state index contributed by atoms with van der Waals surface area (Å²) in [5, 5.41) is 2.98. The first-order valence-corrected chi connectivity index (χ1v) is 13.3. The molecule has 0 aliphatic heterocycles. The van der Waals surface area contributed by atoms with Crippen LogP contribution >= 0.6 is 0 Å². The smallest absolute Gasteiger partial charge is 0.264 e. The molecule has 5 nitrogen and oxygen atoms in total. The summed E-state index contributed by atoms with van der Waals surface area (Å²) in [6, 6.07) is 20.1. The van der Waals surface area contributed by atoms with Crippen LogP contribution < -0.4 is 9.62 Å². The van der Waals surface area contributed by atoms with Crippen LogP contribution in [0.25, 0.3) is 0 Å². The van der Waals surface area contributed by atoms with Gasteiger partial charge in [-0.25, -0.2) is 8.42 Å². The van der Waals surface area contributed by atoms with Gasteiger partial charge < -0.3 is 5.32 Å². The van der Waals surface area contributed by atoms with Gasteiger partial charge in [0, 0.05) is 0 Å². The van der Waals surface area contributed by atoms with Crippen molar-refractivity contribution in [1.82, 2.24) is 5.32 Å². The van der Waals surface area contributed by atoms with E-state index in [0.29, 0.717) is 5.69 Å². The number of sulfonamides is 1. The number of anilines is 1. The highest BCUT2D eigenvalue weighted by Crippen LogP contribution is 2.29. The molecule has 3 aromatic rings. The van der Waals surface area contributed by atoms with E-state index in [0.717, 1.165) is 22.3 Å². The minimum Gasteiger partial charge on any atom is -0.348 e. The van der Waals surface area contributed by atoms with Crippen molar-refractivity contribution in [3.05, 3.63) is 94.5 Å². The monoisotopic (exact) mass is 492 g/mol. The Kier molecular flexibility index (Phi) is 7.75. The molecule has 0 aromatic heterocycles. The summed E-state index contributed by atoms with van der Waals surface area (Å²) in [5.41, 5.74) is 5.47. The molecule has 0 spiro atoms. The second-order valence-electron chi connectivity index (χ2n) is 10.2. The van der Waals surface area contributed by atoms with E-state index in [1.807, 2.05) is 52.0 Å². The van der Waals surface area contributed by atoms with E-state index in [4.69, 9.17) is 0 Å². The molecule has 0 saturated carbocycles. The number of benzene rings is 3. The number of hydrogen-bond donors (Lipinski definition) is 1. The number of nitrogens with one attached hydrogen (secondary N) is 1. The Balaban J connectivity index is 1.89. The maximum Gasteiger partial charge on any atom is 0.264 e. The predicted octanol–water partition coefficient (Wildman–Crippen LogP) is 5.98. The molecule has 35 heavy (non-hydrogen) atoms. The molecule has 3 aromatic carbocycles. The standard InChI is InChI=1S/C29H36N2O3S/c1-20-11-17-26(18-12-20)35(33,34)31(27-10-8-9-21(2)22(27)3)19-28(32)30-23(4)24-13-15-25(16-14-24)29(5,6)7/h8-18,23H,19H2,1-7H3,(H,30,32). The lowest BCUT2D eigenvalue weighted by Gasteiger charge is -2.27. The van der Waals surface area contributed by atoms with Crippen LogP contribution in [-0.2, 0) is 20.2 Å². The van der Waals surface area contributed by atoms with Crippen molar-refractivity contribution in [1.29, 1.82) is 0 Å². The zero-order valence-electron chi connectivity index (χ0n) is 21.7. The summed E-state index contributed by atoms with van der Waals surface area (Å²) in [5.74, 6) is -0.367. The SMILES string of the molecule is Cc1ccc(S(=O)(=O)N(CC(=O)NC(C)c2ccc(C(C)(C)C)cc2)c2cccc(C)c2C)cc1. The van der Waals surface area contributed by atoms with Gasteiger partial charge in [-0.3, -0.25) is 9.10 Å². The van der Waals surface area contributed by atoms with Gasteiger partial charge in [-0.05, 0) is 73.6 Å². The number of carbonyl (C=O) groups is 1. The van der Waals surface area contributed by atoms with Crippen molar-refractivity contribution in [2.45, 2.75) is 64.8 Å². The molecule has 0 heterocycles. The van der Waals surface area contributed by atoms with Gasteiger partial charge in [-0.2, -0.15) is 0 Å². The third-order valence-corrected chi connectivity index (χ3v) is 8.17. The molecule has 3 rings (SSSR count). The second kappa shape index (κ2) is 10.2. The summed E-state index contributed by atoms with van der Waals surface area (Å²) >= 11 is 0. The van der Waals surface area contributed by atoms with Crippen molar-refractivity contribution in [2.24, 2.45) is 0 Å². The quantitative estimate of drug-likeness (QED) is 0.441. The van der Waals surface area contributed by atoms with Gasteiger partial charge in [0.25, 0.3) is 10.0 Å². The summed E-state index contributed by atoms with van der Waals surface area (Å²) in [6.07, 6.45) is 0. The number of hydrogen-bond acceptors (Lipinski definition) is 3. The zero-order valence-corrected chi connectivity index (χ0v) is 22.5. The molecule has 0 saturated heterocycles. The van der Waals surface area contributed by atoms with Gasteiger partial charge in [-0.15, -0.1) is 0 Å². The van der Waals surface area contributed by atoms with E-state index < -0.39 is 10.0 Å². The number of carbonyl (C=O) groups excluding carboxylic acids is 1. The fourth-order valence-corrected chi connectivity index (χ4v) is 5.39. The highest BCUT2D eigenvalue weighted by atomic mass is 32.2. The van der Waals surface area contributed by atoms with Crippen LogP contribution in [-0.4, -0.2) is 20.9 Å². The Morgan fingerprint density at radius 3 is 2.09 bits per heavy atom. The van der Waals surface area contributed by atoms with Gasteiger partial charge in [0.1, 0.15) is 6.54 Å². The van der Waals surface area contributed by atoms with Gasteiger partial charge in [-0.1, -0.05) is 74.9 Å². The van der Waals surface area contributed by atoms with E-state index in [1.54, 1.807) is 30.3 Å². The molecular weight excluding hydrogens is 456 g/mol. The number of amides is 1. The third-order valence-electron chi connectivity index (χ3n) is 6.40. The Hall–Kier alpha value is -3.12. The van der Waals surface area contributed by atoms with E-state index in [9.17, 15) is 13.2 Å². The van der Waals surface area contributed by atoms with E-state index in [-0.39, 0.29) is 28.8 Å². The van der Waals surface area contributed by atoms with Gasteiger partial charge in [0.2, 0.25) is 5.91 Å². The van der Waals surface area contributed by atoms with Crippen LogP contribution in [0.5, 0.6) is 0 Å².